The second-order valence-corrected chi connectivity index (χ2v) is 7.94. The van der Waals surface area contributed by atoms with Gasteiger partial charge >= 0.3 is 6.03 Å². The molecule has 0 spiro atoms. The van der Waals surface area contributed by atoms with Crippen LogP contribution in [-0.4, -0.2) is 18.5 Å². The summed E-state index contributed by atoms with van der Waals surface area (Å²) in [6.07, 6.45) is 0. The number of carbonyl (C=O) groups excluding carboxylic acids is 2. The Morgan fingerprint density at radius 3 is 2.41 bits per heavy atom. The molecule has 146 valence electrons. The van der Waals surface area contributed by atoms with Gasteiger partial charge in [0.1, 0.15) is 0 Å². The lowest BCUT2D eigenvalue weighted by atomic mass is 10.1. The molecule has 0 unspecified atom stereocenters. The summed E-state index contributed by atoms with van der Waals surface area (Å²) >= 11 is 7.42. The highest BCUT2D eigenvalue weighted by molar-refractivity contribution is 7.99. The minimum Gasteiger partial charge on any atom is -0.308 e. The van der Waals surface area contributed by atoms with Crippen LogP contribution in [0.1, 0.15) is 17.3 Å². The normalized spacial score (nSPS) is 12.6. The highest BCUT2D eigenvalue weighted by Gasteiger charge is 2.26. The van der Waals surface area contributed by atoms with Gasteiger partial charge in [0, 0.05) is 32.7 Å². The first kappa shape index (κ1) is 19.4. The first-order valence-electron chi connectivity index (χ1n) is 9.11. The fourth-order valence-electron chi connectivity index (χ4n) is 3.14. The Balaban J connectivity index is 1.59. The van der Waals surface area contributed by atoms with E-state index in [4.69, 9.17) is 11.6 Å². The molecule has 5 nitrogen and oxygen atoms in total. The molecule has 2 N–H and O–H groups in total. The minimum atomic E-state index is -0.369. The third-order valence-electron chi connectivity index (χ3n) is 4.51. The van der Waals surface area contributed by atoms with Gasteiger partial charge in [-0.05, 0) is 61.5 Å². The Kier molecular flexibility index (Phi) is 5.47. The summed E-state index contributed by atoms with van der Waals surface area (Å²) in [4.78, 5) is 29.0. The van der Waals surface area contributed by atoms with E-state index in [2.05, 4.69) is 10.6 Å². The summed E-state index contributed by atoms with van der Waals surface area (Å²) in [5, 5.41) is 6.19. The highest BCUT2D eigenvalue weighted by atomic mass is 35.5. The van der Waals surface area contributed by atoms with E-state index in [1.54, 1.807) is 40.9 Å². The first-order valence-corrected chi connectivity index (χ1v) is 10.3. The molecule has 0 aliphatic carbocycles. The number of nitrogens with one attached hydrogen (secondary N) is 2. The quantitative estimate of drug-likeness (QED) is 0.533. The first-order chi connectivity index (χ1) is 14.0. The Hall–Kier alpha value is -2.96. The number of urea groups is 1. The van der Waals surface area contributed by atoms with Crippen molar-refractivity contribution in [1.82, 2.24) is 0 Å². The molecule has 0 radical (unpaired) electrons. The van der Waals surface area contributed by atoms with E-state index < -0.39 is 0 Å². The number of fused-ring (bicyclic) bond motifs is 2. The molecule has 3 aromatic rings. The number of nitrogens with zero attached hydrogens (tertiary/aromatic N) is 1. The van der Waals surface area contributed by atoms with E-state index in [0.717, 1.165) is 15.5 Å². The summed E-state index contributed by atoms with van der Waals surface area (Å²) in [6, 6.07) is 19.7. The summed E-state index contributed by atoms with van der Waals surface area (Å²) in [6.45, 7) is 2.47. The van der Waals surface area contributed by atoms with Gasteiger partial charge in [0.05, 0.1) is 11.3 Å². The number of amides is 3. The second kappa shape index (κ2) is 8.19. The van der Waals surface area contributed by atoms with Gasteiger partial charge in [-0.1, -0.05) is 35.5 Å². The molecular weight excluding hydrogens is 406 g/mol. The SMILES string of the molecule is CCN1C(=O)c2ccccc2Sc2ccc(NC(=O)Nc3ccc(Cl)cc3)cc21. The number of halogens is 1. The van der Waals surface area contributed by atoms with E-state index >= 15 is 0 Å². The van der Waals surface area contributed by atoms with Crippen molar-refractivity contribution in [2.75, 3.05) is 22.1 Å². The molecular formula is C22H18ClN3O2S. The van der Waals surface area contributed by atoms with Crippen molar-refractivity contribution < 1.29 is 9.59 Å². The van der Waals surface area contributed by atoms with Crippen molar-refractivity contribution in [2.45, 2.75) is 16.7 Å². The van der Waals surface area contributed by atoms with Gasteiger partial charge in [-0.2, -0.15) is 0 Å². The van der Waals surface area contributed by atoms with Crippen molar-refractivity contribution in [1.29, 1.82) is 0 Å². The van der Waals surface area contributed by atoms with Crippen LogP contribution in [0.5, 0.6) is 0 Å². The predicted octanol–water partition coefficient (Wildman–Crippen LogP) is 6.12. The summed E-state index contributed by atoms with van der Waals surface area (Å²) < 4.78 is 0. The van der Waals surface area contributed by atoms with Crippen LogP contribution in [0.2, 0.25) is 5.02 Å². The molecule has 1 heterocycles. The largest absolute Gasteiger partial charge is 0.323 e. The lowest BCUT2D eigenvalue weighted by molar-refractivity contribution is 0.0985. The van der Waals surface area contributed by atoms with Crippen LogP contribution in [0, 0.1) is 0 Å². The molecule has 7 heteroatoms. The number of benzene rings is 3. The number of rotatable bonds is 3. The maximum atomic E-state index is 13.0. The topological polar surface area (TPSA) is 61.4 Å². The fourth-order valence-corrected chi connectivity index (χ4v) is 4.32. The van der Waals surface area contributed by atoms with Crippen molar-refractivity contribution in [3.8, 4) is 0 Å². The van der Waals surface area contributed by atoms with Crippen molar-refractivity contribution in [2.24, 2.45) is 0 Å². The molecule has 3 aromatic carbocycles. The van der Waals surface area contributed by atoms with Gasteiger partial charge in [-0.15, -0.1) is 0 Å². The zero-order valence-corrected chi connectivity index (χ0v) is 17.2. The zero-order chi connectivity index (χ0) is 20.4. The van der Waals surface area contributed by atoms with E-state index in [1.807, 2.05) is 49.4 Å². The second-order valence-electron chi connectivity index (χ2n) is 6.42. The summed E-state index contributed by atoms with van der Waals surface area (Å²) in [5.41, 5.74) is 2.71. The summed E-state index contributed by atoms with van der Waals surface area (Å²) in [7, 11) is 0. The Labute approximate surface area is 178 Å². The molecule has 0 saturated heterocycles. The van der Waals surface area contributed by atoms with Crippen LogP contribution in [0.4, 0.5) is 21.9 Å². The molecule has 29 heavy (non-hydrogen) atoms. The molecule has 4 rings (SSSR count). The van der Waals surface area contributed by atoms with Gasteiger partial charge in [-0.3, -0.25) is 4.79 Å². The van der Waals surface area contributed by atoms with Gasteiger partial charge in [0.25, 0.3) is 5.91 Å². The van der Waals surface area contributed by atoms with Gasteiger partial charge in [0.2, 0.25) is 0 Å². The zero-order valence-electron chi connectivity index (χ0n) is 15.6. The van der Waals surface area contributed by atoms with Crippen LogP contribution in [0.15, 0.2) is 76.5 Å². The number of hydrogen-bond donors (Lipinski definition) is 2. The van der Waals surface area contributed by atoms with Crippen molar-refractivity contribution >= 4 is 52.4 Å². The number of anilines is 3. The molecule has 3 amide bonds. The average molecular weight is 424 g/mol. The minimum absolute atomic E-state index is 0.0443. The molecule has 1 aliphatic rings. The molecule has 0 fully saturated rings. The van der Waals surface area contributed by atoms with Crippen molar-refractivity contribution in [3.05, 3.63) is 77.3 Å². The number of carbonyl (C=O) groups is 2. The number of hydrogen-bond acceptors (Lipinski definition) is 3. The standard InChI is InChI=1S/C22H18ClN3O2S/c1-2-26-18-13-16(25-22(28)24-15-9-7-14(23)8-10-15)11-12-20(18)29-19-6-4-3-5-17(19)21(26)27/h3-13H,2H2,1H3,(H2,24,25,28). The van der Waals surface area contributed by atoms with E-state index in [9.17, 15) is 9.59 Å². The third kappa shape index (κ3) is 4.09. The molecule has 0 atom stereocenters. The lowest BCUT2D eigenvalue weighted by Crippen LogP contribution is -2.30. The predicted molar refractivity (Wildman–Crippen MR) is 118 cm³/mol. The smallest absolute Gasteiger partial charge is 0.308 e. The van der Waals surface area contributed by atoms with Gasteiger partial charge in [0.15, 0.2) is 0 Å². The molecule has 0 aromatic heterocycles. The van der Waals surface area contributed by atoms with Crippen LogP contribution in [0.25, 0.3) is 0 Å². The van der Waals surface area contributed by atoms with Gasteiger partial charge < -0.3 is 15.5 Å². The maximum Gasteiger partial charge on any atom is 0.323 e. The Bertz CT molecular complexity index is 1090. The van der Waals surface area contributed by atoms with Crippen LogP contribution in [0.3, 0.4) is 0 Å². The fraction of sp³-hybridized carbons (Fsp3) is 0.0909. The highest BCUT2D eigenvalue weighted by Crippen LogP contribution is 2.42. The Morgan fingerprint density at radius 1 is 0.966 bits per heavy atom. The monoisotopic (exact) mass is 423 g/mol. The van der Waals surface area contributed by atoms with E-state index in [0.29, 0.717) is 28.5 Å². The Morgan fingerprint density at radius 2 is 1.66 bits per heavy atom. The van der Waals surface area contributed by atoms with E-state index in [-0.39, 0.29) is 11.9 Å². The summed E-state index contributed by atoms with van der Waals surface area (Å²) in [5.74, 6) is -0.0443. The molecule has 1 aliphatic heterocycles. The third-order valence-corrected chi connectivity index (χ3v) is 5.90. The van der Waals surface area contributed by atoms with Gasteiger partial charge in [-0.25, -0.2) is 4.79 Å². The lowest BCUT2D eigenvalue weighted by Gasteiger charge is -2.22. The van der Waals surface area contributed by atoms with Crippen LogP contribution in [-0.2, 0) is 0 Å². The molecule has 0 bridgehead atoms. The molecule has 0 saturated carbocycles. The maximum absolute atomic E-state index is 13.0. The average Bonchev–Trinajstić information content (AvgIpc) is 2.83. The van der Waals surface area contributed by atoms with E-state index in [1.165, 1.54) is 0 Å². The van der Waals surface area contributed by atoms with Crippen LogP contribution < -0.4 is 15.5 Å². The van der Waals surface area contributed by atoms with Crippen molar-refractivity contribution in [3.63, 3.8) is 0 Å². The van der Waals surface area contributed by atoms with Crippen LogP contribution >= 0.6 is 23.4 Å².